The van der Waals surface area contributed by atoms with E-state index in [-0.39, 0.29) is 12.1 Å². The van der Waals surface area contributed by atoms with Crippen LogP contribution in [0.1, 0.15) is 20.8 Å². The lowest BCUT2D eigenvalue weighted by Crippen LogP contribution is -2.39. The Morgan fingerprint density at radius 2 is 2.21 bits per heavy atom. The van der Waals surface area contributed by atoms with Crippen LogP contribution >= 0.6 is 11.3 Å². The molecule has 0 bridgehead atoms. The van der Waals surface area contributed by atoms with Crippen molar-refractivity contribution in [1.29, 1.82) is 0 Å². The number of thiophene rings is 1. The molecular formula is C16H14N4O3S. The largest absolute Gasteiger partial charge is 0.328 e. The van der Waals surface area contributed by atoms with Crippen molar-refractivity contribution in [1.82, 2.24) is 14.5 Å². The first-order valence-electron chi connectivity index (χ1n) is 7.13. The second-order valence-corrected chi connectivity index (χ2v) is 6.18. The molecule has 0 aromatic carbocycles. The molecule has 0 saturated heterocycles. The van der Waals surface area contributed by atoms with Crippen molar-refractivity contribution in [2.75, 3.05) is 5.32 Å². The highest BCUT2D eigenvalue weighted by atomic mass is 32.1. The highest BCUT2D eigenvalue weighted by molar-refractivity contribution is 7.09. The average molecular weight is 342 g/mol. The first-order valence-corrected chi connectivity index (χ1v) is 8.01. The summed E-state index contributed by atoms with van der Waals surface area (Å²) in [4.78, 5) is 44.0. The maximum Gasteiger partial charge on any atom is 0.328 e. The zero-order valence-corrected chi connectivity index (χ0v) is 13.6. The van der Waals surface area contributed by atoms with Crippen molar-refractivity contribution in [3.63, 3.8) is 0 Å². The number of carbonyl (C=O) groups excluding carboxylic acids is 1. The van der Waals surface area contributed by atoms with E-state index < -0.39 is 17.2 Å². The van der Waals surface area contributed by atoms with Gasteiger partial charge in [-0.3, -0.25) is 14.2 Å². The predicted molar refractivity (Wildman–Crippen MR) is 91.7 cm³/mol. The lowest BCUT2D eigenvalue weighted by atomic mass is 10.2. The van der Waals surface area contributed by atoms with Gasteiger partial charge in [-0.15, -0.1) is 11.3 Å². The third-order valence-corrected chi connectivity index (χ3v) is 4.22. The van der Waals surface area contributed by atoms with Gasteiger partial charge in [0.25, 0.3) is 11.5 Å². The van der Waals surface area contributed by atoms with E-state index in [9.17, 15) is 14.4 Å². The van der Waals surface area contributed by atoms with Gasteiger partial charge in [-0.25, -0.2) is 9.78 Å². The van der Waals surface area contributed by atoms with E-state index in [1.165, 1.54) is 11.3 Å². The second kappa shape index (κ2) is 6.63. The number of hydrogen-bond donors (Lipinski definition) is 2. The first kappa shape index (κ1) is 15.9. The Balaban J connectivity index is 1.92. The lowest BCUT2D eigenvalue weighted by Gasteiger charge is -2.07. The van der Waals surface area contributed by atoms with Crippen LogP contribution in [0.5, 0.6) is 0 Å². The molecule has 0 aliphatic rings. The van der Waals surface area contributed by atoms with Crippen LogP contribution in [-0.4, -0.2) is 20.4 Å². The molecule has 3 heterocycles. The average Bonchev–Trinajstić information content (AvgIpc) is 3.04. The molecule has 0 spiro atoms. The molecule has 24 heavy (non-hydrogen) atoms. The summed E-state index contributed by atoms with van der Waals surface area (Å²) in [5.74, 6) is -0.273. The molecule has 3 rings (SSSR count). The Labute approximate surface area is 140 Å². The van der Waals surface area contributed by atoms with Crippen molar-refractivity contribution >= 4 is 23.1 Å². The predicted octanol–water partition coefficient (Wildman–Crippen LogP) is 1.60. The van der Waals surface area contributed by atoms with Gasteiger partial charge in [-0.1, -0.05) is 6.07 Å². The van der Waals surface area contributed by atoms with E-state index in [1.807, 2.05) is 24.4 Å². The van der Waals surface area contributed by atoms with E-state index in [1.54, 1.807) is 18.3 Å². The minimum Gasteiger partial charge on any atom is -0.313 e. The Bertz CT molecular complexity index is 989. The SMILES string of the molecule is Cc1ccnc(NC(=O)c2c[nH]c(=O)n(Cc3cccs3)c2=O)c1. The van der Waals surface area contributed by atoms with E-state index in [0.29, 0.717) is 5.82 Å². The van der Waals surface area contributed by atoms with Crippen LogP contribution < -0.4 is 16.6 Å². The van der Waals surface area contributed by atoms with E-state index in [0.717, 1.165) is 21.2 Å². The van der Waals surface area contributed by atoms with Gasteiger partial charge in [0.05, 0.1) is 6.54 Å². The number of aryl methyl sites for hydroxylation is 1. The number of pyridine rings is 1. The van der Waals surface area contributed by atoms with Gasteiger partial charge in [0.2, 0.25) is 0 Å². The fourth-order valence-electron chi connectivity index (χ4n) is 2.16. The third-order valence-electron chi connectivity index (χ3n) is 3.36. The molecule has 3 aromatic rings. The Kier molecular flexibility index (Phi) is 4.39. The molecule has 0 aliphatic carbocycles. The second-order valence-electron chi connectivity index (χ2n) is 5.15. The summed E-state index contributed by atoms with van der Waals surface area (Å²) < 4.78 is 1.00. The van der Waals surface area contributed by atoms with Gasteiger partial charge in [0.1, 0.15) is 11.4 Å². The van der Waals surface area contributed by atoms with Crippen molar-refractivity contribution < 1.29 is 4.79 Å². The van der Waals surface area contributed by atoms with Crippen LogP contribution in [0.25, 0.3) is 0 Å². The van der Waals surface area contributed by atoms with E-state index in [2.05, 4.69) is 15.3 Å². The highest BCUT2D eigenvalue weighted by Gasteiger charge is 2.15. The monoisotopic (exact) mass is 342 g/mol. The molecule has 122 valence electrons. The number of nitrogens with zero attached hydrogens (tertiary/aromatic N) is 2. The van der Waals surface area contributed by atoms with Gasteiger partial charge < -0.3 is 10.3 Å². The fourth-order valence-corrected chi connectivity index (χ4v) is 2.86. The molecule has 2 N–H and O–H groups in total. The summed E-state index contributed by atoms with van der Waals surface area (Å²) >= 11 is 1.43. The zero-order chi connectivity index (χ0) is 17.1. The molecule has 0 fully saturated rings. The number of rotatable bonds is 4. The summed E-state index contributed by atoms with van der Waals surface area (Å²) in [6.07, 6.45) is 2.69. The van der Waals surface area contributed by atoms with Crippen molar-refractivity contribution in [2.45, 2.75) is 13.5 Å². The summed E-state index contributed by atoms with van der Waals surface area (Å²) in [5.41, 5.74) is -0.415. The van der Waals surface area contributed by atoms with Gasteiger partial charge in [-0.05, 0) is 36.1 Å². The number of aromatic nitrogens is 3. The standard InChI is InChI=1S/C16H14N4O3S/c1-10-4-5-17-13(7-10)19-14(21)12-8-18-16(23)20(15(12)22)9-11-3-2-6-24-11/h2-8H,9H2,1H3,(H,18,23)(H,17,19,21). The minimum atomic E-state index is -0.641. The molecule has 0 unspecified atom stereocenters. The number of nitrogens with one attached hydrogen (secondary N) is 2. The molecule has 0 atom stereocenters. The maximum absolute atomic E-state index is 12.5. The first-order chi connectivity index (χ1) is 11.5. The Morgan fingerprint density at radius 1 is 1.38 bits per heavy atom. The summed E-state index contributed by atoms with van der Waals surface area (Å²) in [6, 6.07) is 7.14. The molecule has 0 saturated carbocycles. The van der Waals surface area contributed by atoms with Crippen LogP contribution in [0.4, 0.5) is 5.82 Å². The Hall–Kier alpha value is -3.00. The summed E-state index contributed by atoms with van der Waals surface area (Å²) in [6.45, 7) is 1.99. The summed E-state index contributed by atoms with van der Waals surface area (Å²) in [5, 5.41) is 4.42. The topological polar surface area (TPSA) is 96.8 Å². The molecule has 8 heteroatoms. The molecule has 0 radical (unpaired) electrons. The molecule has 1 amide bonds. The van der Waals surface area contributed by atoms with Crippen LogP contribution in [0, 0.1) is 6.92 Å². The molecule has 3 aromatic heterocycles. The van der Waals surface area contributed by atoms with Crippen LogP contribution in [0.2, 0.25) is 0 Å². The van der Waals surface area contributed by atoms with Gasteiger partial charge in [0.15, 0.2) is 0 Å². The number of anilines is 1. The fraction of sp³-hybridized carbons (Fsp3) is 0.125. The maximum atomic E-state index is 12.5. The minimum absolute atomic E-state index is 0.121. The third kappa shape index (κ3) is 3.33. The van der Waals surface area contributed by atoms with E-state index >= 15 is 0 Å². The normalized spacial score (nSPS) is 10.5. The van der Waals surface area contributed by atoms with Crippen molar-refractivity contribution in [3.8, 4) is 0 Å². The lowest BCUT2D eigenvalue weighted by molar-refractivity contribution is 0.102. The van der Waals surface area contributed by atoms with Crippen molar-refractivity contribution in [2.24, 2.45) is 0 Å². The quantitative estimate of drug-likeness (QED) is 0.752. The number of H-pyrrole nitrogens is 1. The molecule has 0 aliphatic heterocycles. The van der Waals surface area contributed by atoms with E-state index in [4.69, 9.17) is 0 Å². The number of carbonyl (C=O) groups is 1. The zero-order valence-electron chi connectivity index (χ0n) is 12.8. The summed E-state index contributed by atoms with van der Waals surface area (Å²) in [7, 11) is 0. The van der Waals surface area contributed by atoms with Gasteiger partial charge in [-0.2, -0.15) is 0 Å². The number of aromatic amines is 1. The smallest absolute Gasteiger partial charge is 0.313 e. The van der Waals surface area contributed by atoms with Crippen LogP contribution in [-0.2, 0) is 6.54 Å². The van der Waals surface area contributed by atoms with Crippen molar-refractivity contribution in [3.05, 3.63) is 78.9 Å². The van der Waals surface area contributed by atoms with Gasteiger partial charge in [0, 0.05) is 17.3 Å². The van der Waals surface area contributed by atoms with Gasteiger partial charge >= 0.3 is 5.69 Å². The van der Waals surface area contributed by atoms with Crippen LogP contribution in [0.15, 0.2) is 51.6 Å². The number of hydrogen-bond acceptors (Lipinski definition) is 5. The van der Waals surface area contributed by atoms with Crippen LogP contribution in [0.3, 0.4) is 0 Å². The Morgan fingerprint density at radius 3 is 2.92 bits per heavy atom. The molecule has 7 nitrogen and oxygen atoms in total. The molecular weight excluding hydrogens is 328 g/mol. The highest BCUT2D eigenvalue weighted by Crippen LogP contribution is 2.09. The number of amides is 1.